The maximum absolute atomic E-state index is 12.1. The summed E-state index contributed by atoms with van der Waals surface area (Å²) in [5.41, 5.74) is 13.3. The van der Waals surface area contributed by atoms with Crippen LogP contribution in [0.2, 0.25) is 0 Å². The Morgan fingerprint density at radius 2 is 1.37 bits per heavy atom. The number of carbonyl (C=O) groups is 7. The van der Waals surface area contributed by atoms with Gasteiger partial charge in [-0.2, -0.15) is 0 Å². The molecule has 0 aliphatic carbocycles. The lowest BCUT2D eigenvalue weighted by Crippen LogP contribution is -2.53. The molecule has 0 radical (unpaired) electrons. The second-order valence-electron chi connectivity index (χ2n) is 19.1. The summed E-state index contributed by atoms with van der Waals surface area (Å²) in [6.45, 7) is 34.4. The number of aromatic hydroxyl groups is 1. The minimum atomic E-state index is -0.931. The number of fused-ring (bicyclic) bond motifs is 1. The Labute approximate surface area is 433 Å². The molecule has 0 aliphatic heterocycles. The van der Waals surface area contributed by atoms with Gasteiger partial charge in [0.05, 0.1) is 36.6 Å². The van der Waals surface area contributed by atoms with Gasteiger partial charge in [0.1, 0.15) is 12.1 Å². The number of nitrogens with two attached hydrogens (primary N) is 2. The van der Waals surface area contributed by atoms with Gasteiger partial charge in [0.25, 0.3) is 0 Å². The fourth-order valence-corrected chi connectivity index (χ4v) is 5.99. The first-order chi connectivity index (χ1) is 33.9. The van der Waals surface area contributed by atoms with Crippen molar-refractivity contribution in [3.8, 4) is 5.75 Å². The molecule has 0 saturated carbocycles. The molecule has 73 heavy (non-hydrogen) atoms. The number of allylic oxidation sites excluding steroid dienone is 2. The number of aromatic nitrogens is 1. The number of primary amides is 1. The molecule has 3 atom stereocenters. The second kappa shape index (κ2) is 37.7. The van der Waals surface area contributed by atoms with Crippen LogP contribution in [0.5, 0.6) is 5.75 Å². The van der Waals surface area contributed by atoms with Crippen molar-refractivity contribution in [1.29, 1.82) is 0 Å². The lowest BCUT2D eigenvalue weighted by Gasteiger charge is -2.25. The first-order valence-corrected chi connectivity index (χ1v) is 24.1. The van der Waals surface area contributed by atoms with E-state index in [4.69, 9.17) is 16.6 Å². The maximum Gasteiger partial charge on any atom is 0.310 e. The number of nitro groups is 1. The SMILES string of the molecule is C=CC.C=CC(C)(C)n1cc(C)c2ccccc21.CC(C)C.CC(C)CC(C)N(C)C(=O)CN.CC(C)CC(NC(=O)CNC(=O)C(C)NC(=O)CNC=O)C(=O)NCC(N)=O.Cc1ccc(O)c([N+](=O)[O-])c1. The largest absolute Gasteiger partial charge is 0.502 e. The molecule has 0 saturated heterocycles. The molecule has 10 N–H and O–H groups in total. The van der Waals surface area contributed by atoms with Crippen LogP contribution in [-0.4, -0.2) is 113 Å². The third-order valence-corrected chi connectivity index (χ3v) is 9.74. The molecule has 410 valence electrons. The van der Waals surface area contributed by atoms with Crippen LogP contribution in [0.1, 0.15) is 107 Å². The maximum atomic E-state index is 12.1. The Hall–Kier alpha value is -7.09. The van der Waals surface area contributed by atoms with E-state index in [2.05, 4.69) is 130 Å². The fraction of sp³-hybridized carbons (Fsp3) is 0.528. The van der Waals surface area contributed by atoms with Gasteiger partial charge in [0.2, 0.25) is 41.9 Å². The van der Waals surface area contributed by atoms with Crippen molar-refractivity contribution >= 4 is 58.4 Å². The van der Waals surface area contributed by atoms with Gasteiger partial charge in [-0.1, -0.05) is 84.9 Å². The normalized spacial score (nSPS) is 11.4. The van der Waals surface area contributed by atoms with Crippen LogP contribution in [0.3, 0.4) is 0 Å². The number of amides is 7. The smallest absolute Gasteiger partial charge is 0.310 e. The van der Waals surface area contributed by atoms with E-state index in [1.165, 1.54) is 35.5 Å². The summed E-state index contributed by atoms with van der Waals surface area (Å²) >= 11 is 0. The van der Waals surface area contributed by atoms with E-state index in [-0.39, 0.29) is 48.4 Å². The van der Waals surface area contributed by atoms with E-state index in [1.807, 2.05) is 40.8 Å². The number of para-hydroxylation sites is 1. The molecule has 1 aromatic heterocycles. The molecule has 3 unspecified atom stereocenters. The van der Waals surface area contributed by atoms with Crippen molar-refractivity contribution in [2.45, 2.75) is 133 Å². The van der Waals surface area contributed by atoms with E-state index in [0.717, 1.165) is 17.9 Å². The van der Waals surface area contributed by atoms with Gasteiger partial charge in [0.15, 0.2) is 5.75 Å². The van der Waals surface area contributed by atoms with Gasteiger partial charge in [-0.3, -0.25) is 43.7 Å². The molecule has 0 bridgehead atoms. The Bertz CT molecular complexity index is 2200. The highest BCUT2D eigenvalue weighted by Crippen LogP contribution is 2.28. The van der Waals surface area contributed by atoms with Crippen LogP contribution in [0, 0.1) is 41.7 Å². The molecule has 3 rings (SSSR count). The van der Waals surface area contributed by atoms with Crippen LogP contribution in [0.15, 0.2) is 74.0 Å². The van der Waals surface area contributed by atoms with Crippen molar-refractivity contribution < 1.29 is 43.6 Å². The minimum absolute atomic E-state index is 0.0168. The number of nitrogens with zero attached hydrogens (tertiary/aromatic N) is 3. The molecule has 3 aromatic rings. The van der Waals surface area contributed by atoms with E-state index >= 15 is 0 Å². The zero-order valence-electron chi connectivity index (χ0n) is 46.1. The lowest BCUT2D eigenvalue weighted by atomic mass is 10.0. The average Bonchev–Trinajstić information content (AvgIpc) is 3.66. The predicted molar refractivity (Wildman–Crippen MR) is 291 cm³/mol. The molecule has 20 heteroatoms. The summed E-state index contributed by atoms with van der Waals surface area (Å²) in [6.07, 6.45) is 7.63. The number of phenolic OH excluding ortho intramolecular Hbond substituents is 1. The standard InChI is InChI=1S/C16H28N6O6.C14H17N.C9H20N2O.C7H7NO3.C4H10.C3H6/c1-9(2)4-11(16(28)19-5-12(17)24)22-14(26)7-20-15(27)10(3)21-13(25)6-18-8-23;1-5-14(3,4)15-10-11(2)12-8-6-7-9-13(12)15;1-7(2)5-8(3)11(4)9(12)6-10;1-5-2-3-7(9)6(4-5)8(10)11;1-4(2)3;1-3-2/h8-11H,4-7H2,1-3H3,(H2,17,24)(H,18,23)(H,19,28)(H,20,27)(H,21,25)(H,22,26);5-10H,1H2,2-4H3;7-8H,5-6,10H2,1-4H3;2-4,9H,1H3;4H,1-3H3;3H,1H2,2H3. The molecule has 0 spiro atoms. The predicted octanol–water partition coefficient (Wildman–Crippen LogP) is 5.66. The van der Waals surface area contributed by atoms with E-state index in [1.54, 1.807) is 24.0 Å². The first-order valence-electron chi connectivity index (χ1n) is 24.1. The lowest BCUT2D eigenvalue weighted by molar-refractivity contribution is -0.385. The van der Waals surface area contributed by atoms with Gasteiger partial charge in [-0.25, -0.2) is 0 Å². The monoisotopic (exact) mass is 1020 g/mol. The van der Waals surface area contributed by atoms with Crippen molar-refractivity contribution in [2.75, 3.05) is 33.2 Å². The highest BCUT2D eigenvalue weighted by atomic mass is 16.6. The number of hydrogen-bond donors (Lipinski definition) is 8. The molecule has 1 heterocycles. The topological polar surface area (TPSA) is 303 Å². The second-order valence-corrected chi connectivity index (χ2v) is 19.1. The number of likely N-dealkylation sites (N-methyl/N-ethyl adjacent to an activating group) is 1. The van der Waals surface area contributed by atoms with Gasteiger partial charge in [-0.15, -0.1) is 13.2 Å². The van der Waals surface area contributed by atoms with Crippen LogP contribution in [-0.2, 0) is 39.1 Å². The number of nitro benzene ring substituents is 1. The molecule has 7 amide bonds. The van der Waals surface area contributed by atoms with Crippen LogP contribution >= 0.6 is 0 Å². The molecule has 0 fully saturated rings. The Morgan fingerprint density at radius 3 is 1.84 bits per heavy atom. The Morgan fingerprint density at radius 1 is 0.849 bits per heavy atom. The van der Waals surface area contributed by atoms with Crippen molar-refractivity contribution in [2.24, 2.45) is 29.2 Å². The summed E-state index contributed by atoms with van der Waals surface area (Å²) < 4.78 is 2.28. The van der Waals surface area contributed by atoms with Crippen LogP contribution in [0.4, 0.5) is 5.69 Å². The highest BCUT2D eigenvalue weighted by molar-refractivity contribution is 5.93. The third-order valence-electron chi connectivity index (χ3n) is 9.74. The van der Waals surface area contributed by atoms with E-state index < -0.39 is 53.1 Å². The fourth-order valence-electron chi connectivity index (χ4n) is 5.99. The number of rotatable bonds is 20. The summed E-state index contributed by atoms with van der Waals surface area (Å²) in [5, 5.41) is 32.1. The number of nitrogens with one attached hydrogen (secondary N) is 5. The number of carbonyl (C=O) groups excluding carboxylic acids is 7. The summed E-state index contributed by atoms with van der Waals surface area (Å²) in [5.74, 6) is -1.82. The van der Waals surface area contributed by atoms with E-state index in [0.29, 0.717) is 24.8 Å². The van der Waals surface area contributed by atoms with Gasteiger partial charge < -0.3 is 52.6 Å². The van der Waals surface area contributed by atoms with Gasteiger partial charge >= 0.3 is 5.69 Å². The zero-order valence-corrected chi connectivity index (χ0v) is 46.1. The number of benzene rings is 2. The number of aryl methyl sites for hydroxylation is 2. The van der Waals surface area contributed by atoms with Crippen LogP contribution in [0.25, 0.3) is 10.9 Å². The Kier molecular flexibility index (Phi) is 36.2. The number of phenols is 1. The van der Waals surface area contributed by atoms with Crippen molar-refractivity contribution in [3.05, 3.63) is 95.2 Å². The summed E-state index contributed by atoms with van der Waals surface area (Å²) in [4.78, 5) is 90.8. The van der Waals surface area contributed by atoms with Crippen molar-refractivity contribution in [1.82, 2.24) is 36.1 Å². The Balaban J connectivity index is -0.000000914. The summed E-state index contributed by atoms with van der Waals surface area (Å²) in [6, 6.07) is 11.2. The average molecular weight is 1030 g/mol. The molecule has 2 aromatic carbocycles. The molecular formula is C53H88N10O10. The zero-order chi connectivity index (χ0) is 57.2. The highest BCUT2D eigenvalue weighted by Gasteiger charge is 2.24. The minimum Gasteiger partial charge on any atom is -0.502 e. The van der Waals surface area contributed by atoms with Gasteiger partial charge in [-0.05, 0) is 102 Å². The molecule has 0 aliphatic rings. The number of hydrogen-bond acceptors (Lipinski definition) is 11. The summed E-state index contributed by atoms with van der Waals surface area (Å²) in [7, 11) is 1.81. The quantitative estimate of drug-likeness (QED) is 0.0296. The van der Waals surface area contributed by atoms with Gasteiger partial charge in [0, 0.05) is 36.3 Å². The molecule has 20 nitrogen and oxygen atoms in total. The molecular weight excluding hydrogens is 937 g/mol. The van der Waals surface area contributed by atoms with E-state index in [9.17, 15) is 43.7 Å². The van der Waals surface area contributed by atoms with Crippen molar-refractivity contribution in [3.63, 3.8) is 0 Å². The van der Waals surface area contributed by atoms with Crippen LogP contribution < -0.4 is 38.1 Å². The first kappa shape index (κ1) is 70.2. The third kappa shape index (κ3) is 31.8.